The minimum atomic E-state index is -0.404. The number of aryl methyl sites for hydroxylation is 1. The molecule has 0 aliphatic rings. The second-order valence-electron chi connectivity index (χ2n) is 5.54. The Balaban J connectivity index is 0.00000364. The van der Waals surface area contributed by atoms with Crippen LogP contribution in [0.15, 0.2) is 45.8 Å². The molecule has 0 aliphatic heterocycles. The molecule has 0 saturated carbocycles. The maximum Gasteiger partial charge on any atom is 0.341 e. The zero-order chi connectivity index (χ0) is 18.8. The summed E-state index contributed by atoms with van der Waals surface area (Å²) in [6, 6.07) is 11.4. The molecule has 1 heterocycles. The van der Waals surface area contributed by atoms with Gasteiger partial charge in [0, 0.05) is 13.6 Å². The average Bonchev–Trinajstić information content (AvgIpc) is 3.04. The summed E-state index contributed by atoms with van der Waals surface area (Å²) < 4.78 is 15.9. The molecular formula is C19H26IN3O4. The maximum atomic E-state index is 11.6. The molecule has 0 spiro atoms. The first kappa shape index (κ1) is 22.8. The molecule has 2 N–H and O–H groups in total. The van der Waals surface area contributed by atoms with Crippen LogP contribution in [0.2, 0.25) is 0 Å². The molecule has 7 nitrogen and oxygen atoms in total. The molecule has 1 aromatic carbocycles. The number of nitrogens with one attached hydrogen (secondary N) is 2. The molecule has 0 radical (unpaired) electrons. The van der Waals surface area contributed by atoms with Crippen LogP contribution < -0.4 is 15.4 Å². The van der Waals surface area contributed by atoms with Crippen molar-refractivity contribution >= 4 is 35.9 Å². The van der Waals surface area contributed by atoms with Gasteiger partial charge in [0.05, 0.1) is 20.3 Å². The number of ether oxygens (including phenoxy) is 2. The summed E-state index contributed by atoms with van der Waals surface area (Å²) in [4.78, 5) is 15.8. The molecule has 0 saturated heterocycles. The summed E-state index contributed by atoms with van der Waals surface area (Å²) in [7, 11) is 3.04. The number of carbonyl (C=O) groups is 1. The van der Waals surface area contributed by atoms with Gasteiger partial charge in [-0.1, -0.05) is 18.2 Å². The van der Waals surface area contributed by atoms with Crippen molar-refractivity contribution < 1.29 is 18.7 Å². The van der Waals surface area contributed by atoms with E-state index in [1.165, 1.54) is 7.11 Å². The van der Waals surface area contributed by atoms with E-state index >= 15 is 0 Å². The van der Waals surface area contributed by atoms with E-state index in [1.54, 1.807) is 20.0 Å². The topological polar surface area (TPSA) is 85.1 Å². The Morgan fingerprint density at radius 1 is 1.22 bits per heavy atom. The Morgan fingerprint density at radius 3 is 2.63 bits per heavy atom. The molecule has 0 atom stereocenters. The van der Waals surface area contributed by atoms with Gasteiger partial charge in [-0.15, -0.1) is 24.0 Å². The number of rotatable bonds is 8. The van der Waals surface area contributed by atoms with Crippen LogP contribution in [-0.2, 0) is 11.3 Å². The zero-order valence-electron chi connectivity index (χ0n) is 15.8. The predicted octanol–water partition coefficient (Wildman–Crippen LogP) is 3.13. The largest absolute Gasteiger partial charge is 0.494 e. The number of hydrogen-bond acceptors (Lipinski definition) is 5. The Morgan fingerprint density at radius 2 is 1.96 bits per heavy atom. The number of guanidine groups is 1. The molecule has 148 valence electrons. The highest BCUT2D eigenvalue weighted by atomic mass is 127. The van der Waals surface area contributed by atoms with Crippen molar-refractivity contribution in [3.05, 3.63) is 53.5 Å². The summed E-state index contributed by atoms with van der Waals surface area (Å²) in [5.41, 5.74) is 0.435. The van der Waals surface area contributed by atoms with Crippen molar-refractivity contribution in [2.45, 2.75) is 19.9 Å². The molecule has 0 aliphatic carbocycles. The van der Waals surface area contributed by atoms with Crippen LogP contribution in [-0.4, -0.2) is 39.2 Å². The number of halogens is 1. The van der Waals surface area contributed by atoms with Crippen LogP contribution in [0, 0.1) is 6.92 Å². The number of aliphatic imine (C=N–C) groups is 1. The number of para-hydroxylation sites is 1. The lowest BCUT2D eigenvalue weighted by atomic mass is 10.2. The molecule has 0 fully saturated rings. The first-order valence-electron chi connectivity index (χ1n) is 8.44. The molecule has 0 unspecified atom stereocenters. The first-order chi connectivity index (χ1) is 12.6. The lowest BCUT2D eigenvalue weighted by Crippen LogP contribution is -2.37. The van der Waals surface area contributed by atoms with Gasteiger partial charge in [-0.2, -0.15) is 0 Å². The average molecular weight is 487 g/mol. The van der Waals surface area contributed by atoms with Gasteiger partial charge in [0.2, 0.25) is 0 Å². The van der Waals surface area contributed by atoms with Crippen molar-refractivity contribution in [1.29, 1.82) is 0 Å². The van der Waals surface area contributed by atoms with Crippen molar-refractivity contribution in [2.24, 2.45) is 4.99 Å². The van der Waals surface area contributed by atoms with Gasteiger partial charge in [-0.3, -0.25) is 4.99 Å². The molecule has 1 aromatic heterocycles. The summed E-state index contributed by atoms with van der Waals surface area (Å²) in [6.07, 6.45) is 0.835. The van der Waals surface area contributed by atoms with Crippen LogP contribution in [0.25, 0.3) is 0 Å². The van der Waals surface area contributed by atoms with Gasteiger partial charge >= 0.3 is 5.97 Å². The summed E-state index contributed by atoms with van der Waals surface area (Å²) >= 11 is 0. The minimum absolute atomic E-state index is 0. The first-order valence-corrected chi connectivity index (χ1v) is 8.44. The molecule has 0 bridgehead atoms. The van der Waals surface area contributed by atoms with Crippen molar-refractivity contribution in [3.8, 4) is 5.75 Å². The van der Waals surface area contributed by atoms with Crippen LogP contribution in [0.1, 0.15) is 28.3 Å². The number of carbonyl (C=O) groups excluding carboxylic acids is 1. The van der Waals surface area contributed by atoms with Gasteiger partial charge in [0.1, 0.15) is 22.8 Å². The third-order valence-corrected chi connectivity index (χ3v) is 3.65. The van der Waals surface area contributed by atoms with Crippen LogP contribution in [0.3, 0.4) is 0 Å². The van der Waals surface area contributed by atoms with E-state index in [2.05, 4.69) is 15.6 Å². The summed E-state index contributed by atoms with van der Waals surface area (Å²) in [5.74, 6) is 2.29. The number of furan rings is 1. The lowest BCUT2D eigenvalue weighted by molar-refractivity contribution is 0.0599. The number of hydrogen-bond donors (Lipinski definition) is 2. The number of methoxy groups -OCH3 is 1. The zero-order valence-corrected chi connectivity index (χ0v) is 18.1. The number of nitrogens with zero attached hydrogens (tertiary/aromatic N) is 1. The Labute approximate surface area is 176 Å². The number of esters is 1. The van der Waals surface area contributed by atoms with Gasteiger partial charge in [0.15, 0.2) is 5.96 Å². The second-order valence-corrected chi connectivity index (χ2v) is 5.54. The minimum Gasteiger partial charge on any atom is -0.494 e. The Hall–Kier alpha value is -2.23. The van der Waals surface area contributed by atoms with E-state index in [0.29, 0.717) is 36.2 Å². The fourth-order valence-corrected chi connectivity index (χ4v) is 2.32. The third kappa shape index (κ3) is 7.49. The van der Waals surface area contributed by atoms with E-state index in [1.807, 2.05) is 30.3 Å². The predicted molar refractivity (Wildman–Crippen MR) is 115 cm³/mol. The highest BCUT2D eigenvalue weighted by Crippen LogP contribution is 2.15. The monoisotopic (exact) mass is 487 g/mol. The van der Waals surface area contributed by atoms with Gasteiger partial charge in [-0.05, 0) is 31.5 Å². The fourth-order valence-electron chi connectivity index (χ4n) is 2.32. The van der Waals surface area contributed by atoms with Crippen molar-refractivity contribution in [1.82, 2.24) is 10.6 Å². The number of benzene rings is 1. The van der Waals surface area contributed by atoms with Crippen molar-refractivity contribution in [3.63, 3.8) is 0 Å². The van der Waals surface area contributed by atoms with Gasteiger partial charge in [-0.25, -0.2) is 4.79 Å². The normalized spacial score (nSPS) is 10.7. The van der Waals surface area contributed by atoms with E-state index in [9.17, 15) is 4.79 Å². The van der Waals surface area contributed by atoms with E-state index in [4.69, 9.17) is 13.9 Å². The molecule has 2 aromatic rings. The smallest absolute Gasteiger partial charge is 0.341 e. The highest BCUT2D eigenvalue weighted by molar-refractivity contribution is 14.0. The fraction of sp³-hybridized carbons (Fsp3) is 0.368. The summed E-state index contributed by atoms with van der Waals surface area (Å²) in [5, 5.41) is 6.35. The molecule has 2 rings (SSSR count). The van der Waals surface area contributed by atoms with Gasteiger partial charge < -0.3 is 24.5 Å². The highest BCUT2D eigenvalue weighted by Gasteiger charge is 2.15. The Kier molecular flexibility index (Phi) is 10.3. The SMILES string of the molecule is CN=C(NCCCOc1ccccc1)NCc1cc(C(=O)OC)c(C)o1.I. The molecule has 0 amide bonds. The van der Waals surface area contributed by atoms with Crippen LogP contribution in [0.4, 0.5) is 0 Å². The van der Waals surface area contributed by atoms with E-state index in [0.717, 1.165) is 18.7 Å². The third-order valence-electron chi connectivity index (χ3n) is 3.65. The lowest BCUT2D eigenvalue weighted by Gasteiger charge is -2.11. The van der Waals surface area contributed by atoms with Crippen molar-refractivity contribution in [2.75, 3.05) is 27.3 Å². The standard InChI is InChI=1S/C19H25N3O4.HI/c1-14-17(18(23)24-3)12-16(26-14)13-22-19(20-2)21-10-7-11-25-15-8-5-4-6-9-15;/h4-6,8-9,12H,7,10-11,13H2,1-3H3,(H2,20,21,22);1H. The maximum absolute atomic E-state index is 11.6. The summed E-state index contributed by atoms with van der Waals surface area (Å²) in [6.45, 7) is 3.48. The van der Waals surface area contributed by atoms with Crippen LogP contribution in [0.5, 0.6) is 5.75 Å². The molecular weight excluding hydrogens is 461 g/mol. The quantitative estimate of drug-likeness (QED) is 0.196. The van der Waals surface area contributed by atoms with Crippen LogP contribution >= 0.6 is 24.0 Å². The molecule has 8 heteroatoms. The van der Waals surface area contributed by atoms with Gasteiger partial charge in [0.25, 0.3) is 0 Å². The van der Waals surface area contributed by atoms with E-state index in [-0.39, 0.29) is 24.0 Å². The van der Waals surface area contributed by atoms with E-state index < -0.39 is 5.97 Å². The Bertz CT molecular complexity index is 732. The second kappa shape index (κ2) is 12.2. The molecule has 27 heavy (non-hydrogen) atoms.